The highest BCUT2D eigenvalue weighted by Gasteiger charge is 2.14. The number of nitrogens with one attached hydrogen (secondary N) is 1. The van der Waals surface area contributed by atoms with Crippen molar-refractivity contribution >= 4 is 39.6 Å². The summed E-state index contributed by atoms with van der Waals surface area (Å²) in [5.41, 5.74) is 3.40. The van der Waals surface area contributed by atoms with Crippen molar-refractivity contribution in [3.05, 3.63) is 30.4 Å². The van der Waals surface area contributed by atoms with Crippen LogP contribution in [0.3, 0.4) is 0 Å². The molecule has 0 saturated heterocycles. The molecule has 1 amide bonds. The highest BCUT2D eigenvalue weighted by Crippen LogP contribution is 2.24. The Kier molecular flexibility index (Phi) is 4.94. The summed E-state index contributed by atoms with van der Waals surface area (Å²) in [5.74, 6) is 1.18. The van der Waals surface area contributed by atoms with Gasteiger partial charge in [-0.1, -0.05) is 13.8 Å². The number of hydrogen-bond donors (Lipinski definition) is 1. The molecule has 126 valence electrons. The van der Waals surface area contributed by atoms with Crippen molar-refractivity contribution in [1.29, 1.82) is 0 Å². The minimum Gasteiger partial charge on any atom is -0.356 e. The number of imidazole rings is 1. The smallest absolute Gasteiger partial charge is 0.222 e. The number of alkyl halides is 1. The van der Waals surface area contributed by atoms with E-state index < -0.39 is 0 Å². The summed E-state index contributed by atoms with van der Waals surface area (Å²) in [6, 6.07) is 3.80. The van der Waals surface area contributed by atoms with Gasteiger partial charge in [0.25, 0.3) is 0 Å². The van der Waals surface area contributed by atoms with E-state index in [1.807, 2.05) is 26.0 Å². The van der Waals surface area contributed by atoms with Crippen molar-refractivity contribution in [1.82, 2.24) is 24.8 Å². The Hall–Kier alpha value is -2.21. The van der Waals surface area contributed by atoms with E-state index in [1.54, 1.807) is 12.4 Å². The van der Waals surface area contributed by atoms with Crippen molar-refractivity contribution in [2.75, 3.05) is 6.54 Å². The van der Waals surface area contributed by atoms with Crippen LogP contribution in [0.15, 0.2) is 24.5 Å². The maximum atomic E-state index is 11.6. The van der Waals surface area contributed by atoms with Crippen LogP contribution in [-0.4, -0.2) is 32.0 Å². The molecule has 0 aromatic carbocycles. The Morgan fingerprint density at radius 1 is 1.33 bits per heavy atom. The Morgan fingerprint density at radius 3 is 2.92 bits per heavy atom. The van der Waals surface area contributed by atoms with E-state index in [-0.39, 0.29) is 11.8 Å². The van der Waals surface area contributed by atoms with Crippen LogP contribution in [0.1, 0.15) is 26.1 Å². The predicted octanol–water partition coefficient (Wildman–Crippen LogP) is 2.88. The zero-order valence-corrected chi connectivity index (χ0v) is 14.5. The van der Waals surface area contributed by atoms with E-state index in [4.69, 9.17) is 11.6 Å². The number of fused-ring (bicyclic) bond motifs is 3. The van der Waals surface area contributed by atoms with Crippen molar-refractivity contribution in [2.45, 2.75) is 32.7 Å². The summed E-state index contributed by atoms with van der Waals surface area (Å²) in [7, 11) is 0. The van der Waals surface area contributed by atoms with Gasteiger partial charge >= 0.3 is 0 Å². The van der Waals surface area contributed by atoms with Crippen molar-refractivity contribution < 1.29 is 4.79 Å². The number of amides is 1. The van der Waals surface area contributed by atoms with Crippen molar-refractivity contribution in [2.24, 2.45) is 5.92 Å². The lowest BCUT2D eigenvalue weighted by atomic mass is 10.2. The van der Waals surface area contributed by atoms with Crippen LogP contribution >= 0.6 is 11.6 Å². The normalized spacial score (nSPS) is 11.5. The average Bonchev–Trinajstić information content (AvgIpc) is 2.96. The van der Waals surface area contributed by atoms with Gasteiger partial charge in [-0.2, -0.15) is 0 Å². The molecule has 0 bridgehead atoms. The van der Waals surface area contributed by atoms with Crippen LogP contribution < -0.4 is 5.32 Å². The van der Waals surface area contributed by atoms with Gasteiger partial charge in [0.1, 0.15) is 16.9 Å². The van der Waals surface area contributed by atoms with Crippen LogP contribution in [-0.2, 0) is 17.2 Å². The number of nitrogens with zero attached hydrogens (tertiary/aromatic N) is 4. The third-order valence-electron chi connectivity index (χ3n) is 3.91. The molecule has 0 aliphatic rings. The number of aromatic nitrogens is 4. The Bertz CT molecular complexity index is 874. The molecule has 0 saturated carbocycles. The third kappa shape index (κ3) is 3.19. The lowest BCUT2D eigenvalue weighted by Gasteiger charge is -2.10. The molecule has 3 aromatic rings. The Labute approximate surface area is 145 Å². The van der Waals surface area contributed by atoms with Crippen molar-refractivity contribution in [3.8, 4) is 0 Å². The number of halogens is 1. The number of rotatable bonds is 6. The van der Waals surface area contributed by atoms with E-state index in [0.29, 0.717) is 19.0 Å². The second kappa shape index (κ2) is 7.13. The molecule has 7 heteroatoms. The lowest BCUT2D eigenvalue weighted by Crippen LogP contribution is -2.29. The monoisotopic (exact) mass is 345 g/mol. The number of carbonyl (C=O) groups excluding carboxylic acids is 1. The van der Waals surface area contributed by atoms with Gasteiger partial charge in [-0.25, -0.2) is 4.98 Å². The molecule has 0 atom stereocenters. The van der Waals surface area contributed by atoms with Gasteiger partial charge in [0.05, 0.1) is 23.1 Å². The molecule has 3 heterocycles. The molecule has 3 rings (SSSR count). The molecule has 0 aliphatic carbocycles. The van der Waals surface area contributed by atoms with Crippen LogP contribution in [0.4, 0.5) is 0 Å². The van der Waals surface area contributed by atoms with Gasteiger partial charge in [0, 0.05) is 25.2 Å². The van der Waals surface area contributed by atoms with Crippen LogP contribution in [0.2, 0.25) is 0 Å². The molecule has 0 unspecified atom stereocenters. The molecule has 3 aromatic heterocycles. The Balaban J connectivity index is 1.88. The zero-order valence-electron chi connectivity index (χ0n) is 13.8. The highest BCUT2D eigenvalue weighted by atomic mass is 35.5. The first-order chi connectivity index (χ1) is 11.6. The number of carbonyl (C=O) groups is 1. The van der Waals surface area contributed by atoms with E-state index in [2.05, 4.69) is 24.8 Å². The second-order valence-corrected chi connectivity index (χ2v) is 6.24. The summed E-state index contributed by atoms with van der Waals surface area (Å²) >= 11 is 6.07. The molecule has 0 fully saturated rings. The highest BCUT2D eigenvalue weighted by molar-refractivity contribution is 6.17. The van der Waals surface area contributed by atoms with Crippen LogP contribution in [0.25, 0.3) is 22.1 Å². The molecule has 0 radical (unpaired) electrons. The SMILES string of the molecule is CC(C)C(=O)NCCCn1c(CCl)nc2cnc3cccnc3c21. The van der Waals surface area contributed by atoms with Gasteiger partial charge in [-0.3, -0.25) is 14.8 Å². The summed E-state index contributed by atoms with van der Waals surface area (Å²) in [4.78, 5) is 25.1. The molecule has 0 aliphatic heterocycles. The fourth-order valence-corrected chi connectivity index (χ4v) is 2.87. The minimum atomic E-state index is -0.00306. The summed E-state index contributed by atoms with van der Waals surface area (Å²) in [6.45, 7) is 5.10. The number of hydrogen-bond acceptors (Lipinski definition) is 4. The molecule has 0 spiro atoms. The molecule has 6 nitrogen and oxygen atoms in total. The second-order valence-electron chi connectivity index (χ2n) is 5.98. The minimum absolute atomic E-state index is 0.00306. The first-order valence-electron chi connectivity index (χ1n) is 8.04. The largest absolute Gasteiger partial charge is 0.356 e. The first-order valence-corrected chi connectivity index (χ1v) is 8.57. The topological polar surface area (TPSA) is 72.7 Å². The van der Waals surface area contributed by atoms with E-state index in [1.165, 1.54) is 0 Å². The van der Waals surface area contributed by atoms with E-state index in [0.717, 1.165) is 34.3 Å². The Morgan fingerprint density at radius 2 is 2.17 bits per heavy atom. The molecule has 1 N–H and O–H groups in total. The quantitative estimate of drug-likeness (QED) is 0.550. The first kappa shape index (κ1) is 16.6. The van der Waals surface area contributed by atoms with Gasteiger partial charge in [0.15, 0.2) is 0 Å². The fourth-order valence-electron chi connectivity index (χ4n) is 2.67. The molecular weight excluding hydrogens is 326 g/mol. The van der Waals surface area contributed by atoms with E-state index >= 15 is 0 Å². The average molecular weight is 346 g/mol. The number of aryl methyl sites for hydroxylation is 1. The van der Waals surface area contributed by atoms with Crippen LogP contribution in [0, 0.1) is 5.92 Å². The molecule has 24 heavy (non-hydrogen) atoms. The molecular formula is C17H20ClN5O. The zero-order chi connectivity index (χ0) is 17.1. The van der Waals surface area contributed by atoms with Gasteiger partial charge in [0.2, 0.25) is 5.91 Å². The van der Waals surface area contributed by atoms with Gasteiger partial charge < -0.3 is 9.88 Å². The van der Waals surface area contributed by atoms with E-state index in [9.17, 15) is 4.79 Å². The van der Waals surface area contributed by atoms with Crippen molar-refractivity contribution in [3.63, 3.8) is 0 Å². The third-order valence-corrected chi connectivity index (χ3v) is 4.15. The summed E-state index contributed by atoms with van der Waals surface area (Å²) in [6.07, 6.45) is 4.31. The standard InChI is InChI=1S/C17H20ClN5O/c1-11(2)17(24)20-7-4-8-23-14(9-18)22-13-10-21-12-5-3-6-19-15(12)16(13)23/h3,5-6,10-11H,4,7-9H2,1-2H3,(H,20,24). The maximum absolute atomic E-state index is 11.6. The summed E-state index contributed by atoms with van der Waals surface area (Å²) < 4.78 is 2.08. The van der Waals surface area contributed by atoms with Gasteiger partial charge in [-0.05, 0) is 18.6 Å². The van der Waals surface area contributed by atoms with Gasteiger partial charge in [-0.15, -0.1) is 11.6 Å². The van der Waals surface area contributed by atoms with Crippen LogP contribution in [0.5, 0.6) is 0 Å². The summed E-state index contributed by atoms with van der Waals surface area (Å²) in [5, 5.41) is 2.93. The predicted molar refractivity (Wildman–Crippen MR) is 94.9 cm³/mol. The lowest BCUT2D eigenvalue weighted by molar-refractivity contribution is -0.123. The maximum Gasteiger partial charge on any atom is 0.222 e. The fraction of sp³-hybridized carbons (Fsp3) is 0.412. The number of pyridine rings is 2.